The molecular weight excluding hydrogens is 156 g/mol. The number of ether oxygens (including phenoxy) is 1. The van der Waals surface area contributed by atoms with Gasteiger partial charge in [0.25, 0.3) is 0 Å². The smallest absolute Gasteiger partial charge is 0.305 e. The number of hydrogen-bond acceptors (Lipinski definition) is 3. The number of aliphatic hydroxyl groups is 1. The predicted octanol–water partition coefficient (Wildman–Crippen LogP) is 1.49. The van der Waals surface area contributed by atoms with E-state index in [1.54, 1.807) is 27.7 Å². The SMILES string of the molecule is CCC(=O)O[C@H](C)CC(C)(C)O. The van der Waals surface area contributed by atoms with Crippen molar-refractivity contribution in [1.29, 1.82) is 0 Å². The van der Waals surface area contributed by atoms with Crippen LogP contribution in [0.3, 0.4) is 0 Å². The fourth-order valence-electron chi connectivity index (χ4n) is 1.05. The Labute approximate surface area is 73.7 Å². The van der Waals surface area contributed by atoms with Crippen LogP contribution in [0.1, 0.15) is 40.5 Å². The van der Waals surface area contributed by atoms with E-state index in [0.717, 1.165) is 0 Å². The molecule has 1 atom stereocenters. The highest BCUT2D eigenvalue weighted by Crippen LogP contribution is 2.13. The molecule has 0 saturated carbocycles. The van der Waals surface area contributed by atoms with Crippen LogP contribution in [-0.4, -0.2) is 22.8 Å². The third kappa shape index (κ3) is 6.16. The molecule has 0 radical (unpaired) electrons. The molecule has 0 aliphatic carbocycles. The zero-order valence-electron chi connectivity index (χ0n) is 8.26. The second kappa shape index (κ2) is 4.45. The van der Waals surface area contributed by atoms with E-state index in [1.165, 1.54) is 0 Å². The summed E-state index contributed by atoms with van der Waals surface area (Å²) in [5.41, 5.74) is -0.770. The first kappa shape index (κ1) is 11.4. The minimum Gasteiger partial charge on any atom is -0.463 e. The van der Waals surface area contributed by atoms with E-state index in [9.17, 15) is 9.90 Å². The Morgan fingerprint density at radius 1 is 1.58 bits per heavy atom. The van der Waals surface area contributed by atoms with Gasteiger partial charge in [0.05, 0.1) is 5.60 Å². The largest absolute Gasteiger partial charge is 0.463 e. The minimum absolute atomic E-state index is 0.211. The molecule has 0 fully saturated rings. The number of hydrogen-bond donors (Lipinski definition) is 1. The molecule has 1 N–H and O–H groups in total. The van der Waals surface area contributed by atoms with E-state index in [1.807, 2.05) is 0 Å². The lowest BCUT2D eigenvalue weighted by atomic mass is 10.0. The molecule has 0 aromatic carbocycles. The van der Waals surface area contributed by atoms with Crippen LogP contribution in [-0.2, 0) is 9.53 Å². The predicted molar refractivity (Wildman–Crippen MR) is 46.8 cm³/mol. The summed E-state index contributed by atoms with van der Waals surface area (Å²) in [5, 5.41) is 9.38. The van der Waals surface area contributed by atoms with Gasteiger partial charge in [0, 0.05) is 12.8 Å². The van der Waals surface area contributed by atoms with Gasteiger partial charge in [0.1, 0.15) is 6.10 Å². The zero-order chi connectivity index (χ0) is 9.78. The molecule has 0 spiro atoms. The highest BCUT2D eigenvalue weighted by molar-refractivity contribution is 5.69. The summed E-state index contributed by atoms with van der Waals surface area (Å²) in [7, 11) is 0. The molecule has 0 amide bonds. The van der Waals surface area contributed by atoms with Gasteiger partial charge in [-0.25, -0.2) is 0 Å². The quantitative estimate of drug-likeness (QED) is 0.657. The highest BCUT2D eigenvalue weighted by atomic mass is 16.5. The van der Waals surface area contributed by atoms with E-state index in [0.29, 0.717) is 12.8 Å². The Balaban J connectivity index is 3.74. The summed E-state index contributed by atoms with van der Waals surface area (Å²) >= 11 is 0. The van der Waals surface area contributed by atoms with Crippen LogP contribution in [0.5, 0.6) is 0 Å². The van der Waals surface area contributed by atoms with Crippen molar-refractivity contribution in [2.75, 3.05) is 0 Å². The molecule has 3 nitrogen and oxygen atoms in total. The molecule has 0 aromatic rings. The van der Waals surface area contributed by atoms with Gasteiger partial charge in [-0.1, -0.05) is 6.92 Å². The van der Waals surface area contributed by atoms with Crippen LogP contribution in [0.2, 0.25) is 0 Å². The van der Waals surface area contributed by atoms with Crippen LogP contribution in [0.15, 0.2) is 0 Å². The fraction of sp³-hybridized carbons (Fsp3) is 0.889. The van der Waals surface area contributed by atoms with Crippen molar-refractivity contribution in [3.63, 3.8) is 0 Å². The third-order valence-corrected chi connectivity index (χ3v) is 1.41. The second-order valence-corrected chi connectivity index (χ2v) is 3.67. The van der Waals surface area contributed by atoms with Gasteiger partial charge >= 0.3 is 5.97 Å². The van der Waals surface area contributed by atoms with E-state index in [-0.39, 0.29) is 12.1 Å². The number of carbonyl (C=O) groups is 1. The van der Waals surface area contributed by atoms with Gasteiger partial charge in [0.15, 0.2) is 0 Å². The van der Waals surface area contributed by atoms with Crippen LogP contribution < -0.4 is 0 Å². The van der Waals surface area contributed by atoms with Crippen LogP contribution in [0.25, 0.3) is 0 Å². The van der Waals surface area contributed by atoms with E-state index in [4.69, 9.17) is 4.74 Å². The van der Waals surface area contributed by atoms with Crippen LogP contribution in [0, 0.1) is 0 Å². The second-order valence-electron chi connectivity index (χ2n) is 3.67. The van der Waals surface area contributed by atoms with Crippen molar-refractivity contribution in [2.24, 2.45) is 0 Å². The Morgan fingerprint density at radius 3 is 2.42 bits per heavy atom. The summed E-state index contributed by atoms with van der Waals surface area (Å²) in [6.07, 6.45) is 0.645. The van der Waals surface area contributed by atoms with Gasteiger partial charge in [-0.3, -0.25) is 4.79 Å². The zero-order valence-corrected chi connectivity index (χ0v) is 8.26. The minimum atomic E-state index is -0.770. The van der Waals surface area contributed by atoms with Gasteiger partial charge in [-0.15, -0.1) is 0 Å². The van der Waals surface area contributed by atoms with Crippen molar-refractivity contribution in [1.82, 2.24) is 0 Å². The molecule has 0 aliphatic rings. The maximum absolute atomic E-state index is 10.8. The van der Waals surface area contributed by atoms with Crippen molar-refractivity contribution in [3.8, 4) is 0 Å². The van der Waals surface area contributed by atoms with Crippen molar-refractivity contribution in [2.45, 2.75) is 52.2 Å². The third-order valence-electron chi connectivity index (χ3n) is 1.41. The molecule has 72 valence electrons. The van der Waals surface area contributed by atoms with Gasteiger partial charge in [-0.05, 0) is 20.8 Å². The van der Waals surface area contributed by atoms with E-state index >= 15 is 0 Å². The topological polar surface area (TPSA) is 46.5 Å². The lowest BCUT2D eigenvalue weighted by Gasteiger charge is -2.21. The highest BCUT2D eigenvalue weighted by Gasteiger charge is 2.19. The van der Waals surface area contributed by atoms with Crippen molar-refractivity contribution < 1.29 is 14.6 Å². The molecule has 12 heavy (non-hydrogen) atoms. The molecule has 0 heterocycles. The van der Waals surface area contributed by atoms with Crippen LogP contribution >= 0.6 is 0 Å². The average Bonchev–Trinajstić information content (AvgIpc) is 1.82. The van der Waals surface area contributed by atoms with Crippen molar-refractivity contribution >= 4 is 5.97 Å². The van der Waals surface area contributed by atoms with Crippen molar-refractivity contribution in [3.05, 3.63) is 0 Å². The van der Waals surface area contributed by atoms with Crippen LogP contribution in [0.4, 0.5) is 0 Å². The molecule has 0 aliphatic heterocycles. The summed E-state index contributed by atoms with van der Waals surface area (Å²) in [6.45, 7) is 6.93. The first-order chi connectivity index (χ1) is 5.35. The van der Waals surface area contributed by atoms with Gasteiger partial charge in [0.2, 0.25) is 0 Å². The Bertz CT molecular complexity index is 146. The van der Waals surface area contributed by atoms with E-state index in [2.05, 4.69) is 0 Å². The maximum Gasteiger partial charge on any atom is 0.305 e. The lowest BCUT2D eigenvalue weighted by Crippen LogP contribution is -2.27. The molecular formula is C9H18O3. The van der Waals surface area contributed by atoms with Gasteiger partial charge < -0.3 is 9.84 Å². The normalized spacial score (nSPS) is 14.1. The molecule has 3 heteroatoms. The number of carbonyl (C=O) groups excluding carboxylic acids is 1. The summed E-state index contributed by atoms with van der Waals surface area (Å²) in [6, 6.07) is 0. The summed E-state index contributed by atoms with van der Waals surface area (Å²) in [4.78, 5) is 10.8. The Hall–Kier alpha value is -0.570. The summed E-state index contributed by atoms with van der Waals surface area (Å²) in [5.74, 6) is -0.216. The summed E-state index contributed by atoms with van der Waals surface area (Å²) < 4.78 is 4.98. The molecule has 0 unspecified atom stereocenters. The Kier molecular flexibility index (Phi) is 4.24. The number of rotatable bonds is 4. The van der Waals surface area contributed by atoms with E-state index < -0.39 is 5.60 Å². The molecule has 0 aromatic heterocycles. The Morgan fingerprint density at radius 2 is 2.08 bits per heavy atom. The van der Waals surface area contributed by atoms with Gasteiger partial charge in [-0.2, -0.15) is 0 Å². The molecule has 0 rings (SSSR count). The molecule has 0 saturated heterocycles. The lowest BCUT2D eigenvalue weighted by molar-refractivity contribution is -0.150. The maximum atomic E-state index is 10.8. The average molecular weight is 174 g/mol. The monoisotopic (exact) mass is 174 g/mol. The fourth-order valence-corrected chi connectivity index (χ4v) is 1.05. The first-order valence-electron chi connectivity index (χ1n) is 4.27. The standard InChI is InChI=1S/C9H18O3/c1-5-8(10)12-7(2)6-9(3,4)11/h7,11H,5-6H2,1-4H3/t7-/m1/s1. The molecule has 0 bridgehead atoms. The number of esters is 1. The first-order valence-corrected chi connectivity index (χ1v) is 4.27.